The Morgan fingerprint density at radius 3 is 2.50 bits per heavy atom. The fraction of sp³-hybridized carbons (Fsp3) is 0.105. The predicted molar refractivity (Wildman–Crippen MR) is 90.7 cm³/mol. The first-order valence-corrected chi connectivity index (χ1v) is 7.60. The van der Waals surface area contributed by atoms with E-state index in [1.165, 1.54) is 0 Å². The van der Waals surface area contributed by atoms with Gasteiger partial charge in [0.15, 0.2) is 0 Å². The molecule has 26 heavy (non-hydrogen) atoms. The number of benzene rings is 2. The number of hydrogen-bond donors (Lipinski definition) is 1. The Morgan fingerprint density at radius 1 is 1.12 bits per heavy atom. The molecule has 134 valence electrons. The maximum absolute atomic E-state index is 14.0. The molecule has 2 aromatic carbocycles. The zero-order chi connectivity index (χ0) is 19.1. The molecular weight excluding hydrogens is 348 g/mol. The largest absolute Gasteiger partial charge is 0.416 e. The van der Waals surface area contributed by atoms with E-state index < -0.39 is 23.5 Å². The van der Waals surface area contributed by atoms with E-state index in [0.29, 0.717) is 17.1 Å². The second-order valence-electron chi connectivity index (χ2n) is 5.86. The Morgan fingerprint density at radius 2 is 1.85 bits per heavy atom. The number of amides is 1. The fourth-order valence-electron chi connectivity index (χ4n) is 2.72. The van der Waals surface area contributed by atoms with Crippen LogP contribution in [0.15, 0.2) is 55.2 Å². The molecule has 0 aliphatic carbocycles. The van der Waals surface area contributed by atoms with Gasteiger partial charge in [0.25, 0.3) is 0 Å². The minimum atomic E-state index is -4.54. The van der Waals surface area contributed by atoms with Crippen LogP contribution < -0.4 is 5.73 Å². The maximum atomic E-state index is 14.0. The Balaban J connectivity index is 1.98. The van der Waals surface area contributed by atoms with Crippen LogP contribution in [0.5, 0.6) is 0 Å². The van der Waals surface area contributed by atoms with Crippen LogP contribution in [0.4, 0.5) is 17.6 Å². The first-order chi connectivity index (χ1) is 12.2. The first-order valence-electron chi connectivity index (χ1n) is 7.60. The van der Waals surface area contributed by atoms with E-state index in [1.54, 1.807) is 35.0 Å². The first kappa shape index (κ1) is 17.7. The van der Waals surface area contributed by atoms with E-state index in [4.69, 9.17) is 5.73 Å². The molecule has 1 heterocycles. The molecule has 3 aromatic rings. The van der Waals surface area contributed by atoms with Gasteiger partial charge in [-0.15, -0.1) is 0 Å². The van der Waals surface area contributed by atoms with Crippen LogP contribution in [0.2, 0.25) is 0 Å². The molecule has 7 heteroatoms. The van der Waals surface area contributed by atoms with Gasteiger partial charge in [0, 0.05) is 28.2 Å². The molecule has 0 saturated heterocycles. The van der Waals surface area contributed by atoms with E-state index in [-0.39, 0.29) is 17.7 Å². The van der Waals surface area contributed by atoms with E-state index in [0.717, 1.165) is 17.5 Å². The number of hydrogen-bond acceptors (Lipinski definition) is 1. The Kier molecular flexibility index (Phi) is 4.31. The molecule has 0 aliphatic heterocycles. The number of halogens is 4. The Bertz CT molecular complexity index is 1020. The third kappa shape index (κ3) is 3.33. The quantitative estimate of drug-likeness (QED) is 0.545. The lowest BCUT2D eigenvalue weighted by molar-refractivity contribution is -0.137. The standard InChI is InChI=1S/C19H14F4N2O/c1-11(18(24)26)12-2-5-17-13(8-12)6-7-25(17)10-14-9-15(19(21,22)23)3-4-16(14)20/h2-9H,1,10H2,(H2,24,26). The van der Waals surface area contributed by atoms with Crippen LogP contribution in [-0.2, 0) is 17.5 Å². The lowest BCUT2D eigenvalue weighted by atomic mass is 10.1. The number of carbonyl (C=O) groups excluding carboxylic acids is 1. The number of carbonyl (C=O) groups is 1. The number of nitrogens with zero attached hydrogens (tertiary/aromatic N) is 1. The molecule has 0 aliphatic rings. The highest BCUT2D eigenvalue weighted by atomic mass is 19.4. The summed E-state index contributed by atoms with van der Waals surface area (Å²) in [4.78, 5) is 11.2. The lowest BCUT2D eigenvalue weighted by Crippen LogP contribution is -2.11. The normalized spacial score (nSPS) is 11.7. The van der Waals surface area contributed by atoms with E-state index in [1.807, 2.05) is 0 Å². The molecule has 0 bridgehead atoms. The van der Waals surface area contributed by atoms with E-state index >= 15 is 0 Å². The van der Waals surface area contributed by atoms with Gasteiger partial charge in [0.1, 0.15) is 5.82 Å². The highest BCUT2D eigenvalue weighted by Crippen LogP contribution is 2.31. The van der Waals surface area contributed by atoms with Gasteiger partial charge in [0.2, 0.25) is 5.91 Å². The molecule has 1 aromatic heterocycles. The van der Waals surface area contributed by atoms with Crippen LogP contribution in [0.25, 0.3) is 16.5 Å². The number of nitrogens with two attached hydrogens (primary N) is 1. The third-order valence-corrected chi connectivity index (χ3v) is 4.13. The van der Waals surface area contributed by atoms with Gasteiger partial charge in [-0.3, -0.25) is 4.79 Å². The van der Waals surface area contributed by atoms with Crippen molar-refractivity contribution in [3.8, 4) is 0 Å². The summed E-state index contributed by atoms with van der Waals surface area (Å²) in [5, 5.41) is 0.734. The molecule has 0 saturated carbocycles. The van der Waals surface area contributed by atoms with Crippen molar-refractivity contribution in [2.75, 3.05) is 0 Å². The zero-order valence-corrected chi connectivity index (χ0v) is 13.5. The molecule has 0 radical (unpaired) electrons. The van der Waals surface area contributed by atoms with Gasteiger partial charge in [0.05, 0.1) is 12.1 Å². The zero-order valence-electron chi connectivity index (χ0n) is 13.5. The van der Waals surface area contributed by atoms with Gasteiger partial charge >= 0.3 is 6.18 Å². The second-order valence-corrected chi connectivity index (χ2v) is 5.86. The van der Waals surface area contributed by atoms with Gasteiger partial charge in [-0.2, -0.15) is 13.2 Å². The molecule has 0 unspecified atom stereocenters. The van der Waals surface area contributed by atoms with Crippen LogP contribution >= 0.6 is 0 Å². The Labute approximate surface area is 146 Å². The molecule has 3 rings (SSSR count). The van der Waals surface area contributed by atoms with Gasteiger partial charge in [-0.05, 0) is 42.0 Å². The summed E-state index contributed by atoms with van der Waals surface area (Å²) < 4.78 is 54.1. The van der Waals surface area contributed by atoms with Crippen molar-refractivity contribution in [1.29, 1.82) is 0 Å². The smallest absolute Gasteiger partial charge is 0.366 e. The summed E-state index contributed by atoms with van der Waals surface area (Å²) in [6, 6.07) is 9.08. The van der Waals surface area contributed by atoms with Gasteiger partial charge < -0.3 is 10.3 Å². The summed E-state index contributed by atoms with van der Waals surface area (Å²) in [5.41, 5.74) is 5.63. The summed E-state index contributed by atoms with van der Waals surface area (Å²) in [5.74, 6) is -1.35. The molecule has 0 atom stereocenters. The maximum Gasteiger partial charge on any atom is 0.416 e. The molecule has 1 amide bonds. The monoisotopic (exact) mass is 362 g/mol. The van der Waals surface area contributed by atoms with Crippen molar-refractivity contribution in [1.82, 2.24) is 4.57 Å². The SMILES string of the molecule is C=C(C(N)=O)c1ccc2c(ccn2Cc2cc(C(F)(F)F)ccc2F)c1. The highest BCUT2D eigenvalue weighted by Gasteiger charge is 2.31. The van der Waals surface area contributed by atoms with Crippen molar-refractivity contribution in [3.05, 3.63) is 77.7 Å². The molecule has 0 fully saturated rings. The van der Waals surface area contributed by atoms with Crippen molar-refractivity contribution >= 4 is 22.4 Å². The fourth-order valence-corrected chi connectivity index (χ4v) is 2.72. The van der Waals surface area contributed by atoms with Gasteiger partial charge in [-0.1, -0.05) is 12.6 Å². The number of alkyl halides is 3. The molecule has 2 N–H and O–H groups in total. The molecule has 0 spiro atoms. The number of fused-ring (bicyclic) bond motifs is 1. The van der Waals surface area contributed by atoms with E-state index in [2.05, 4.69) is 6.58 Å². The van der Waals surface area contributed by atoms with Crippen LogP contribution in [-0.4, -0.2) is 10.5 Å². The number of rotatable bonds is 4. The third-order valence-electron chi connectivity index (χ3n) is 4.13. The second kappa shape index (κ2) is 6.33. The number of aromatic nitrogens is 1. The van der Waals surface area contributed by atoms with Crippen LogP contribution in [0.1, 0.15) is 16.7 Å². The van der Waals surface area contributed by atoms with Crippen molar-refractivity contribution in [2.45, 2.75) is 12.7 Å². The minimum absolute atomic E-state index is 0.0602. The molecule has 3 nitrogen and oxygen atoms in total. The van der Waals surface area contributed by atoms with Crippen LogP contribution in [0.3, 0.4) is 0 Å². The van der Waals surface area contributed by atoms with Crippen LogP contribution in [0, 0.1) is 5.82 Å². The summed E-state index contributed by atoms with van der Waals surface area (Å²) >= 11 is 0. The lowest BCUT2D eigenvalue weighted by Gasteiger charge is -2.11. The van der Waals surface area contributed by atoms with Crippen molar-refractivity contribution in [3.63, 3.8) is 0 Å². The summed E-state index contributed by atoms with van der Waals surface area (Å²) in [7, 11) is 0. The summed E-state index contributed by atoms with van der Waals surface area (Å²) in [6.07, 6.45) is -2.90. The topological polar surface area (TPSA) is 48.0 Å². The highest BCUT2D eigenvalue weighted by molar-refractivity contribution is 6.18. The summed E-state index contributed by atoms with van der Waals surface area (Å²) in [6.45, 7) is 3.55. The average Bonchev–Trinajstić information content (AvgIpc) is 2.97. The molecular formula is C19H14F4N2O. The van der Waals surface area contributed by atoms with E-state index in [9.17, 15) is 22.4 Å². The number of primary amides is 1. The van der Waals surface area contributed by atoms with Gasteiger partial charge in [-0.25, -0.2) is 4.39 Å². The Hall–Kier alpha value is -3.09. The minimum Gasteiger partial charge on any atom is -0.366 e. The van der Waals surface area contributed by atoms with Crippen molar-refractivity contribution < 1.29 is 22.4 Å². The van der Waals surface area contributed by atoms with Crippen molar-refractivity contribution in [2.24, 2.45) is 5.73 Å². The average molecular weight is 362 g/mol. The predicted octanol–water partition coefficient (Wildman–Crippen LogP) is 4.35.